The van der Waals surface area contributed by atoms with Crippen LogP contribution in [0.4, 0.5) is 5.69 Å². The summed E-state index contributed by atoms with van der Waals surface area (Å²) in [6.45, 7) is 0. The number of anilines is 1. The Morgan fingerprint density at radius 3 is 2.22 bits per heavy atom. The molecule has 308 valence electrons. The summed E-state index contributed by atoms with van der Waals surface area (Å²) in [5.41, 5.74) is 13.8. The monoisotopic (exact) mass is 816 g/mol. The van der Waals surface area contributed by atoms with Gasteiger partial charge in [0.15, 0.2) is 5.58 Å². The number of rotatable bonds is 8. The van der Waals surface area contributed by atoms with E-state index in [4.69, 9.17) is 4.42 Å². The van der Waals surface area contributed by atoms with Crippen molar-refractivity contribution >= 4 is 55.0 Å². The van der Waals surface area contributed by atoms with Crippen LogP contribution in [0.1, 0.15) is 62.0 Å². The number of para-hydroxylation sites is 4. The van der Waals surface area contributed by atoms with E-state index in [1.165, 1.54) is 61.8 Å². The third-order valence-corrected chi connectivity index (χ3v) is 14.6. The minimum Gasteiger partial charge on any atom is -0.454 e. The quantitative estimate of drug-likeness (QED) is 0.152. The van der Waals surface area contributed by atoms with Gasteiger partial charge in [-0.15, -0.1) is 0 Å². The van der Waals surface area contributed by atoms with E-state index in [1.54, 1.807) is 0 Å². The third kappa shape index (κ3) is 6.91. The number of hydrogen-bond donors (Lipinski definition) is 0. The molecule has 0 amide bonds. The molecular weight excluding hydrogens is 765 g/mol. The highest BCUT2D eigenvalue weighted by atomic mass is 16.3. The van der Waals surface area contributed by atoms with Crippen molar-refractivity contribution in [3.05, 3.63) is 223 Å². The lowest BCUT2D eigenvalue weighted by atomic mass is 9.70. The van der Waals surface area contributed by atoms with Gasteiger partial charge in [0.1, 0.15) is 5.58 Å². The van der Waals surface area contributed by atoms with E-state index in [1.807, 2.05) is 6.07 Å². The van der Waals surface area contributed by atoms with Gasteiger partial charge in [-0.3, -0.25) is 0 Å². The standard InChI is InChI=1S/C60H52N2O/c1-4-15-41(16-5-1)46-37-47(42-17-6-2-7-18-42)39-48(38-46)44-29-34-51(35-30-44)61(49-19-8-3-9-20-49)50-32-27-43(28-33-50)45-31-36-57-55(40-45)52-21-10-12-24-56(52)62(57)58-25-14-23-54-53-22-11-13-26-59(53)63-60(54)58/h1-17,19-27,29-31,34,36,38,40,42,46-47,50-51H,18,28,32-33,35,37,39H2. The Hall–Kier alpha value is -6.84. The molecule has 2 aromatic heterocycles. The predicted molar refractivity (Wildman–Crippen MR) is 265 cm³/mol. The molecule has 8 aromatic rings. The lowest BCUT2D eigenvalue weighted by Gasteiger charge is -2.41. The first-order chi connectivity index (χ1) is 31.2. The van der Waals surface area contributed by atoms with Gasteiger partial charge in [-0.2, -0.15) is 0 Å². The van der Waals surface area contributed by atoms with Crippen molar-refractivity contribution in [3.8, 4) is 5.69 Å². The van der Waals surface area contributed by atoms with Crippen LogP contribution in [0.5, 0.6) is 0 Å². The molecule has 12 rings (SSSR count). The lowest BCUT2D eigenvalue weighted by molar-refractivity contribution is 0.340. The van der Waals surface area contributed by atoms with Gasteiger partial charge in [0.05, 0.1) is 22.8 Å². The Labute approximate surface area is 370 Å². The number of allylic oxidation sites excluding steroid dienone is 9. The first kappa shape index (κ1) is 37.9. The van der Waals surface area contributed by atoms with Gasteiger partial charge >= 0.3 is 0 Å². The molecule has 0 N–H and O–H groups in total. The molecule has 0 aliphatic heterocycles. The smallest absolute Gasteiger partial charge is 0.159 e. The van der Waals surface area contributed by atoms with Gasteiger partial charge < -0.3 is 13.9 Å². The maximum Gasteiger partial charge on any atom is 0.159 e. The van der Waals surface area contributed by atoms with Crippen LogP contribution in [-0.4, -0.2) is 16.7 Å². The van der Waals surface area contributed by atoms with Gasteiger partial charge in [-0.05, 0) is 127 Å². The number of hydrogen-bond acceptors (Lipinski definition) is 2. The molecule has 0 fully saturated rings. The van der Waals surface area contributed by atoms with Crippen molar-refractivity contribution in [2.75, 3.05) is 4.90 Å². The number of furan rings is 1. The minimum absolute atomic E-state index is 0.311. The van der Waals surface area contributed by atoms with Gasteiger partial charge in [0, 0.05) is 39.2 Å². The van der Waals surface area contributed by atoms with Crippen LogP contribution in [-0.2, 0) is 0 Å². The highest BCUT2D eigenvalue weighted by molar-refractivity contribution is 6.13. The summed E-state index contributed by atoms with van der Waals surface area (Å²) in [5.74, 6) is 1.70. The van der Waals surface area contributed by atoms with Gasteiger partial charge in [-0.1, -0.05) is 158 Å². The zero-order valence-corrected chi connectivity index (χ0v) is 35.7. The molecular formula is C60H52N2O. The average molecular weight is 817 g/mol. The second-order valence-corrected chi connectivity index (χ2v) is 18.2. The van der Waals surface area contributed by atoms with E-state index in [0.29, 0.717) is 29.8 Å². The Morgan fingerprint density at radius 1 is 0.619 bits per heavy atom. The summed E-state index contributed by atoms with van der Waals surface area (Å²) in [5, 5.41) is 4.85. The molecule has 0 saturated heterocycles. The maximum absolute atomic E-state index is 6.56. The fourth-order valence-electron chi connectivity index (χ4n) is 11.5. The summed E-state index contributed by atoms with van der Waals surface area (Å²) in [4.78, 5) is 2.73. The van der Waals surface area contributed by atoms with E-state index in [9.17, 15) is 0 Å². The summed E-state index contributed by atoms with van der Waals surface area (Å²) >= 11 is 0. The average Bonchev–Trinajstić information content (AvgIpc) is 3.91. The maximum atomic E-state index is 6.56. The van der Waals surface area contributed by atoms with Crippen molar-refractivity contribution in [3.63, 3.8) is 0 Å². The topological polar surface area (TPSA) is 21.3 Å². The zero-order valence-electron chi connectivity index (χ0n) is 35.7. The molecule has 3 heteroatoms. The molecule has 3 nitrogen and oxygen atoms in total. The van der Waals surface area contributed by atoms with E-state index in [2.05, 4.69) is 204 Å². The van der Waals surface area contributed by atoms with E-state index in [0.717, 1.165) is 66.2 Å². The van der Waals surface area contributed by atoms with Crippen LogP contribution in [0.3, 0.4) is 0 Å². The predicted octanol–water partition coefficient (Wildman–Crippen LogP) is 15.6. The largest absolute Gasteiger partial charge is 0.454 e. The SMILES string of the molecule is C1=CCC(C2CC(C3=CCC(N(c4ccccc4)C4CC=C(c5ccc6c(c5)c5ccccc5n6-c5cccc6c5oc5ccccc56)CC4)C=C3)=CC(c3ccccc3)C2)C=C1. The van der Waals surface area contributed by atoms with Gasteiger partial charge in [0.25, 0.3) is 0 Å². The Morgan fingerprint density at radius 2 is 1.41 bits per heavy atom. The van der Waals surface area contributed by atoms with Crippen molar-refractivity contribution in [1.29, 1.82) is 0 Å². The van der Waals surface area contributed by atoms with Crippen molar-refractivity contribution in [2.24, 2.45) is 11.8 Å². The Kier molecular flexibility index (Phi) is 9.70. The Bertz CT molecular complexity index is 3190. The molecule has 4 aliphatic rings. The highest BCUT2D eigenvalue weighted by Crippen LogP contribution is 2.45. The lowest BCUT2D eigenvalue weighted by Crippen LogP contribution is -2.43. The molecule has 0 spiro atoms. The summed E-state index contributed by atoms with van der Waals surface area (Å²) < 4.78 is 8.96. The number of nitrogens with zero attached hydrogens (tertiary/aromatic N) is 2. The van der Waals surface area contributed by atoms with Crippen LogP contribution in [0.2, 0.25) is 0 Å². The van der Waals surface area contributed by atoms with E-state index < -0.39 is 0 Å². The molecule has 6 aromatic carbocycles. The van der Waals surface area contributed by atoms with Gasteiger partial charge in [-0.25, -0.2) is 0 Å². The highest BCUT2D eigenvalue weighted by Gasteiger charge is 2.32. The molecule has 0 radical (unpaired) electrons. The Balaban J connectivity index is 0.828. The van der Waals surface area contributed by atoms with Crippen LogP contribution in [0, 0.1) is 11.8 Å². The normalized spacial score (nSPS) is 22.4. The van der Waals surface area contributed by atoms with Crippen LogP contribution in [0.15, 0.2) is 216 Å². The van der Waals surface area contributed by atoms with Gasteiger partial charge in [0.2, 0.25) is 0 Å². The molecule has 5 atom stereocenters. The molecule has 63 heavy (non-hydrogen) atoms. The summed E-state index contributed by atoms with van der Waals surface area (Å²) in [6, 6.07) is 53.9. The fourth-order valence-corrected chi connectivity index (χ4v) is 11.5. The zero-order chi connectivity index (χ0) is 41.7. The molecule has 2 heterocycles. The number of aromatic nitrogens is 1. The third-order valence-electron chi connectivity index (χ3n) is 14.6. The molecule has 4 aliphatic carbocycles. The van der Waals surface area contributed by atoms with Crippen LogP contribution < -0.4 is 4.90 Å². The van der Waals surface area contributed by atoms with Crippen LogP contribution in [0.25, 0.3) is 55.0 Å². The van der Waals surface area contributed by atoms with Crippen molar-refractivity contribution in [2.45, 2.75) is 62.9 Å². The van der Waals surface area contributed by atoms with Crippen molar-refractivity contribution < 1.29 is 4.42 Å². The number of fused-ring (bicyclic) bond motifs is 6. The second kappa shape index (κ2) is 16.1. The second-order valence-electron chi connectivity index (χ2n) is 18.2. The van der Waals surface area contributed by atoms with Crippen molar-refractivity contribution in [1.82, 2.24) is 4.57 Å². The fraction of sp³-hybridized carbons (Fsp3) is 0.200. The van der Waals surface area contributed by atoms with E-state index >= 15 is 0 Å². The van der Waals surface area contributed by atoms with E-state index in [-0.39, 0.29) is 0 Å². The minimum atomic E-state index is 0.311. The summed E-state index contributed by atoms with van der Waals surface area (Å²) in [7, 11) is 0. The van der Waals surface area contributed by atoms with Crippen LogP contribution >= 0.6 is 0 Å². The summed E-state index contributed by atoms with van der Waals surface area (Å²) in [6.07, 6.45) is 29.7. The first-order valence-electron chi connectivity index (χ1n) is 23.2. The molecule has 5 unspecified atom stereocenters. The first-order valence-corrected chi connectivity index (χ1v) is 23.2. The number of benzene rings is 6. The molecule has 0 saturated carbocycles. The molecule has 0 bridgehead atoms.